The van der Waals surface area contributed by atoms with Crippen LogP contribution in [0.4, 0.5) is 16.3 Å². The second-order valence-electron chi connectivity index (χ2n) is 4.87. The summed E-state index contributed by atoms with van der Waals surface area (Å²) in [6.45, 7) is 0.118. The van der Waals surface area contributed by atoms with Gasteiger partial charge in [0, 0.05) is 31.5 Å². The van der Waals surface area contributed by atoms with E-state index in [4.69, 9.17) is 0 Å². The number of nitrogens with one attached hydrogen (secondary N) is 1. The minimum absolute atomic E-state index is 0.118. The van der Waals surface area contributed by atoms with Crippen LogP contribution in [0, 0.1) is 0 Å². The minimum Gasteiger partial charge on any atom is -0.481 e. The van der Waals surface area contributed by atoms with E-state index in [0.717, 1.165) is 0 Å². The van der Waals surface area contributed by atoms with Crippen molar-refractivity contribution in [1.29, 1.82) is 0 Å². The summed E-state index contributed by atoms with van der Waals surface area (Å²) in [5.74, 6) is -1.20. The van der Waals surface area contributed by atoms with E-state index in [9.17, 15) is 14.7 Å². The van der Waals surface area contributed by atoms with Crippen molar-refractivity contribution in [3.05, 3.63) is 42.1 Å². The molecule has 0 bridgehead atoms. The lowest BCUT2D eigenvalue weighted by Crippen LogP contribution is -2.35. The van der Waals surface area contributed by atoms with Crippen LogP contribution in [0.2, 0.25) is 0 Å². The Morgan fingerprint density at radius 1 is 1.33 bits per heavy atom. The maximum Gasteiger partial charge on any atom is 0.327 e. The topological polar surface area (TPSA) is 87.5 Å². The minimum atomic E-state index is -0.935. The van der Waals surface area contributed by atoms with Crippen LogP contribution in [-0.4, -0.2) is 33.4 Å². The van der Waals surface area contributed by atoms with Crippen molar-refractivity contribution in [3.63, 3.8) is 0 Å². The van der Waals surface area contributed by atoms with Crippen molar-refractivity contribution in [1.82, 2.24) is 9.78 Å². The molecule has 1 unspecified atom stereocenters. The Kier molecular flexibility index (Phi) is 3.09. The van der Waals surface area contributed by atoms with Gasteiger partial charge in [0.25, 0.3) is 0 Å². The van der Waals surface area contributed by atoms with Gasteiger partial charge in [0.05, 0.1) is 0 Å². The molecule has 0 aliphatic carbocycles. The number of aryl methyl sites for hydroxylation is 1. The number of carbonyl (C=O) groups is 2. The van der Waals surface area contributed by atoms with E-state index in [2.05, 4.69) is 10.4 Å². The largest absolute Gasteiger partial charge is 0.481 e. The van der Waals surface area contributed by atoms with Gasteiger partial charge in [0.1, 0.15) is 5.92 Å². The Hall–Kier alpha value is -2.83. The number of rotatable bonds is 2. The average Bonchev–Trinajstić information content (AvgIpc) is 3.02. The molecule has 7 nitrogen and oxygen atoms in total. The second kappa shape index (κ2) is 4.93. The van der Waals surface area contributed by atoms with E-state index in [-0.39, 0.29) is 12.6 Å². The molecule has 108 valence electrons. The van der Waals surface area contributed by atoms with Gasteiger partial charge >= 0.3 is 12.0 Å². The summed E-state index contributed by atoms with van der Waals surface area (Å²) in [5.41, 5.74) is 1.28. The van der Waals surface area contributed by atoms with E-state index in [1.165, 1.54) is 4.90 Å². The maximum absolute atomic E-state index is 12.3. The molecule has 21 heavy (non-hydrogen) atoms. The molecule has 0 radical (unpaired) electrons. The van der Waals surface area contributed by atoms with E-state index in [1.54, 1.807) is 48.3 Å². The summed E-state index contributed by atoms with van der Waals surface area (Å²) in [7, 11) is 1.75. The second-order valence-corrected chi connectivity index (χ2v) is 4.87. The lowest BCUT2D eigenvalue weighted by molar-refractivity contribution is -0.138. The molecule has 1 aromatic heterocycles. The molecule has 2 aromatic rings. The SMILES string of the molecule is Cn1ccc(NC(=O)N2CC(C(=O)O)c3ccccc32)n1. The number of aromatic nitrogens is 2. The first-order valence-electron chi connectivity index (χ1n) is 6.46. The number of anilines is 2. The molecule has 0 spiro atoms. The first-order chi connectivity index (χ1) is 10.1. The normalized spacial score (nSPS) is 16.6. The van der Waals surface area contributed by atoms with Gasteiger partial charge in [-0.15, -0.1) is 0 Å². The van der Waals surface area contributed by atoms with Gasteiger partial charge in [0.2, 0.25) is 0 Å². The summed E-state index contributed by atoms with van der Waals surface area (Å²) in [6.07, 6.45) is 1.72. The van der Waals surface area contributed by atoms with E-state index >= 15 is 0 Å². The van der Waals surface area contributed by atoms with E-state index < -0.39 is 11.9 Å². The molecule has 2 N–H and O–H groups in total. The highest BCUT2D eigenvalue weighted by Crippen LogP contribution is 2.36. The van der Waals surface area contributed by atoms with Crippen LogP contribution in [0.5, 0.6) is 0 Å². The van der Waals surface area contributed by atoms with Crippen LogP contribution >= 0.6 is 0 Å². The number of aliphatic carboxylic acids is 1. The summed E-state index contributed by atoms with van der Waals surface area (Å²) < 4.78 is 1.58. The maximum atomic E-state index is 12.3. The summed E-state index contributed by atoms with van der Waals surface area (Å²) in [5, 5.41) is 16.0. The molecule has 1 aromatic carbocycles. The smallest absolute Gasteiger partial charge is 0.327 e. The third-order valence-corrected chi connectivity index (χ3v) is 3.46. The predicted octanol–water partition coefficient (Wildman–Crippen LogP) is 1.64. The van der Waals surface area contributed by atoms with Crippen LogP contribution < -0.4 is 10.2 Å². The van der Waals surface area contributed by atoms with Gasteiger partial charge in [-0.25, -0.2) is 4.79 Å². The number of urea groups is 1. The number of hydrogen-bond donors (Lipinski definition) is 2. The molecule has 1 atom stereocenters. The van der Waals surface area contributed by atoms with Gasteiger partial charge in [-0.2, -0.15) is 5.10 Å². The van der Waals surface area contributed by atoms with Crippen molar-refractivity contribution in [2.24, 2.45) is 7.05 Å². The van der Waals surface area contributed by atoms with Crippen LogP contribution in [0.15, 0.2) is 36.5 Å². The quantitative estimate of drug-likeness (QED) is 0.878. The molecule has 7 heteroatoms. The van der Waals surface area contributed by atoms with Crippen molar-refractivity contribution >= 4 is 23.5 Å². The fourth-order valence-electron chi connectivity index (χ4n) is 2.47. The molecular formula is C14H14N4O3. The molecule has 1 aliphatic heterocycles. The number of fused-ring (bicyclic) bond motifs is 1. The molecule has 0 fully saturated rings. The number of carboxylic acids is 1. The molecular weight excluding hydrogens is 272 g/mol. The number of carboxylic acid groups (broad SMARTS) is 1. The third-order valence-electron chi connectivity index (χ3n) is 3.46. The zero-order valence-corrected chi connectivity index (χ0v) is 11.4. The molecule has 0 saturated heterocycles. The van der Waals surface area contributed by atoms with Crippen molar-refractivity contribution < 1.29 is 14.7 Å². The molecule has 3 rings (SSSR count). The highest BCUT2D eigenvalue weighted by Gasteiger charge is 2.36. The Balaban J connectivity index is 1.86. The third kappa shape index (κ3) is 2.33. The van der Waals surface area contributed by atoms with Crippen LogP contribution in [0.1, 0.15) is 11.5 Å². The zero-order chi connectivity index (χ0) is 15.0. The summed E-state index contributed by atoms with van der Waals surface area (Å²) >= 11 is 0. The predicted molar refractivity (Wildman–Crippen MR) is 76.4 cm³/mol. The number of benzene rings is 1. The standard InChI is InChI=1S/C14H14N4O3/c1-17-7-6-12(16-17)15-14(21)18-8-10(13(19)20)9-4-2-3-5-11(9)18/h2-7,10H,8H2,1H3,(H,19,20)(H,15,16,21). The van der Waals surface area contributed by atoms with Crippen molar-refractivity contribution in [3.8, 4) is 0 Å². The van der Waals surface area contributed by atoms with Crippen LogP contribution in [-0.2, 0) is 11.8 Å². The lowest BCUT2D eigenvalue weighted by atomic mass is 10.0. The van der Waals surface area contributed by atoms with Crippen LogP contribution in [0.25, 0.3) is 0 Å². The highest BCUT2D eigenvalue weighted by molar-refractivity contribution is 6.04. The monoisotopic (exact) mass is 286 g/mol. The Bertz CT molecular complexity index is 710. The van der Waals surface area contributed by atoms with Gasteiger partial charge in [-0.1, -0.05) is 18.2 Å². The number of para-hydroxylation sites is 1. The van der Waals surface area contributed by atoms with E-state index in [0.29, 0.717) is 17.1 Å². The van der Waals surface area contributed by atoms with Crippen LogP contribution in [0.3, 0.4) is 0 Å². The number of carbonyl (C=O) groups excluding carboxylic acids is 1. The van der Waals surface area contributed by atoms with Crippen molar-refractivity contribution in [2.45, 2.75) is 5.92 Å². The number of amides is 2. The van der Waals surface area contributed by atoms with Gasteiger partial charge in [0.15, 0.2) is 5.82 Å². The van der Waals surface area contributed by atoms with Gasteiger partial charge in [-0.3, -0.25) is 19.7 Å². The molecule has 2 heterocycles. The Morgan fingerprint density at radius 3 is 2.76 bits per heavy atom. The molecule has 1 aliphatic rings. The Morgan fingerprint density at radius 2 is 2.10 bits per heavy atom. The van der Waals surface area contributed by atoms with Crippen molar-refractivity contribution in [2.75, 3.05) is 16.8 Å². The zero-order valence-electron chi connectivity index (χ0n) is 11.4. The van der Waals surface area contributed by atoms with Gasteiger partial charge < -0.3 is 5.11 Å². The first kappa shape index (κ1) is 13.2. The average molecular weight is 286 g/mol. The highest BCUT2D eigenvalue weighted by atomic mass is 16.4. The molecule has 2 amide bonds. The fourth-order valence-corrected chi connectivity index (χ4v) is 2.47. The number of nitrogens with zero attached hydrogens (tertiary/aromatic N) is 3. The Labute approximate surface area is 120 Å². The van der Waals surface area contributed by atoms with E-state index in [1.807, 2.05) is 0 Å². The van der Waals surface area contributed by atoms with Gasteiger partial charge in [-0.05, 0) is 11.6 Å². The summed E-state index contributed by atoms with van der Waals surface area (Å²) in [4.78, 5) is 25.1. The fraction of sp³-hybridized carbons (Fsp3) is 0.214. The summed E-state index contributed by atoms with van der Waals surface area (Å²) in [6, 6.07) is 8.33. The molecule has 0 saturated carbocycles. The lowest BCUT2D eigenvalue weighted by Gasteiger charge is -2.17. The number of hydrogen-bond acceptors (Lipinski definition) is 3. The first-order valence-corrected chi connectivity index (χ1v) is 6.46.